The Morgan fingerprint density at radius 2 is 1.10 bits per heavy atom. The van der Waals surface area contributed by atoms with Crippen LogP contribution in [0.15, 0.2) is 118 Å². The van der Waals surface area contributed by atoms with Crippen molar-refractivity contribution >= 4 is 246 Å². The molecule has 0 aliphatic carbocycles. The molecule has 0 radical (unpaired) electrons. The number of aldehydes is 1. The summed E-state index contributed by atoms with van der Waals surface area (Å²) in [5.41, 5.74) is 38.9. The van der Waals surface area contributed by atoms with Crippen LogP contribution in [0.5, 0.6) is 0 Å². The van der Waals surface area contributed by atoms with Gasteiger partial charge < -0.3 is 73.7 Å². The number of nitrogens with one attached hydrogen (secondary N) is 1. The van der Waals surface area contributed by atoms with Crippen molar-refractivity contribution < 1.29 is 48.3 Å². The molecule has 2 fully saturated rings. The number of hydrogen-bond donors (Lipinski definition) is 10. The van der Waals surface area contributed by atoms with Gasteiger partial charge in [0.1, 0.15) is 5.82 Å². The number of carbonyl (C=O) groups excluding carboxylic acids is 2. The number of para-hydroxylation sites is 1. The summed E-state index contributed by atoms with van der Waals surface area (Å²) in [6.45, 7) is 27.9. The van der Waals surface area contributed by atoms with E-state index in [-0.39, 0.29) is 66.7 Å². The summed E-state index contributed by atoms with van der Waals surface area (Å²) in [6, 6.07) is 28.7. The fraction of sp³-hybridized carbons (Fsp3) is 0.181. The highest BCUT2D eigenvalue weighted by atomic mass is 127. The number of piperidine rings is 1. The highest BCUT2D eigenvalue weighted by Crippen LogP contribution is 2.39. The number of ether oxygens (including phenoxy) is 1. The van der Waals surface area contributed by atoms with Crippen LogP contribution in [-0.2, 0) is 11.3 Å². The minimum atomic E-state index is -1.06. The number of aromatic nitrogens is 6. The summed E-state index contributed by atoms with van der Waals surface area (Å²) in [5.74, 6) is 0.0515. The third-order valence-corrected chi connectivity index (χ3v) is 19.5. The summed E-state index contributed by atoms with van der Waals surface area (Å²) < 4.78 is 18.8. The minimum absolute atomic E-state index is 0.0394. The third-order valence-electron chi connectivity index (χ3n) is 15.5. The molecule has 0 spiro atoms. The Morgan fingerprint density at radius 1 is 0.596 bits per heavy atom. The number of aliphatic hydroxyl groups is 1. The first-order valence-corrected chi connectivity index (χ1v) is 37.4. The van der Waals surface area contributed by atoms with Crippen LogP contribution in [0, 0.1) is 44.3 Å². The van der Waals surface area contributed by atoms with E-state index in [9.17, 15) is 19.2 Å². The van der Waals surface area contributed by atoms with Crippen molar-refractivity contribution in [2.45, 2.75) is 58.2 Å². The molecular formula is C72H61Cl7I3N17O10. The lowest BCUT2D eigenvalue weighted by Crippen LogP contribution is -2.48. The summed E-state index contributed by atoms with van der Waals surface area (Å²) in [4.78, 5) is 72.3. The molecular weight excluding hydrogens is 1890 g/mol. The van der Waals surface area contributed by atoms with E-state index in [0.29, 0.717) is 107 Å². The van der Waals surface area contributed by atoms with Gasteiger partial charge >= 0.3 is 11.9 Å². The van der Waals surface area contributed by atoms with E-state index in [1.165, 1.54) is 30.7 Å². The Hall–Kier alpha value is -8.91. The van der Waals surface area contributed by atoms with E-state index < -0.39 is 17.8 Å². The summed E-state index contributed by atoms with van der Waals surface area (Å²) in [7, 11) is 0. The number of nitrogens with two attached hydrogens (primary N) is 6. The Bertz CT molecular complexity index is 5270. The maximum atomic E-state index is 10.8. The third kappa shape index (κ3) is 24.3. The van der Waals surface area contributed by atoms with Crippen LogP contribution in [0.3, 0.4) is 0 Å². The second-order valence-electron chi connectivity index (χ2n) is 23.1. The van der Waals surface area contributed by atoms with Crippen LogP contribution in [-0.4, -0.2) is 108 Å². The van der Waals surface area contributed by atoms with Gasteiger partial charge in [-0.2, -0.15) is 9.97 Å². The second-order valence-corrected chi connectivity index (χ2v) is 29.7. The quantitative estimate of drug-likeness (QED) is 0.0263. The topological polar surface area (TPSA) is 426 Å². The number of carbonyl (C=O) groups is 4. The second kappa shape index (κ2) is 41.2. The number of rotatable bonds is 10. The molecule has 0 saturated carbocycles. The number of fused-ring (bicyclic) bond motifs is 2. The largest absolute Gasteiger partial charge is 0.478 e. The van der Waals surface area contributed by atoms with Gasteiger partial charge in [-0.1, -0.05) is 97.6 Å². The van der Waals surface area contributed by atoms with E-state index in [1.807, 2.05) is 63.4 Å². The van der Waals surface area contributed by atoms with Crippen LogP contribution in [0.4, 0.5) is 51.3 Å². The number of halogens is 10. The zero-order chi connectivity index (χ0) is 80.1. The average molecular weight is 1950 g/mol. The number of nitrogen functional groups attached to an aromatic ring is 5. The van der Waals surface area contributed by atoms with Gasteiger partial charge in [0.2, 0.25) is 0 Å². The first-order chi connectivity index (χ1) is 51.8. The van der Waals surface area contributed by atoms with Gasteiger partial charge in [-0.3, -0.25) is 14.6 Å². The molecule has 2 aliphatic rings. The maximum Gasteiger partial charge on any atom is 0.337 e. The fourth-order valence-corrected chi connectivity index (χ4v) is 14.3. The highest BCUT2D eigenvalue weighted by molar-refractivity contribution is 14.1. The van der Waals surface area contributed by atoms with Crippen molar-refractivity contribution in [3.8, 4) is 22.9 Å². The van der Waals surface area contributed by atoms with Gasteiger partial charge in [-0.05, 0) is 215 Å². The molecule has 0 unspecified atom stereocenters. The van der Waals surface area contributed by atoms with Crippen LogP contribution < -0.4 is 44.6 Å². The molecule has 16 N–H and O–H groups in total. The molecule has 11 aromatic rings. The number of carboxylic acid groups (broad SMARTS) is 2. The van der Waals surface area contributed by atoms with Gasteiger partial charge in [0, 0.05) is 59.8 Å². The lowest BCUT2D eigenvalue weighted by Gasteiger charge is -2.36. The van der Waals surface area contributed by atoms with Crippen molar-refractivity contribution in [3.05, 3.63) is 229 Å². The van der Waals surface area contributed by atoms with Crippen LogP contribution >= 0.6 is 149 Å². The van der Waals surface area contributed by atoms with Crippen molar-refractivity contribution in [3.63, 3.8) is 0 Å². The Labute approximate surface area is 699 Å². The number of hydrogen-bond acceptors (Lipinski definition) is 21. The monoisotopic (exact) mass is 1950 g/mol. The SMILES string of the molecule is NC(=O)c1cc(I)cc(Cl)c1N.Nc1c(Cl)cc(I)cc1C(=O)O.Nc1c(Cl)cc(I)cc1CO.Nc1c(Cl)cccc1C(=O)O.[C-]#[N+]c1cc(Cl)c(N)c(C=O)c1.[C-]#[N+]c1cc(Cl)c2nc(N3CCC(N[C@@H]4CCCOC4)CC3)c(-c3nc(C)no3)cc2c1.[C-]#[N+]c1cc(Cl)c2ncc(-c3nc(C)no3)cc2c1. The molecule has 27 nitrogen and oxygen atoms in total. The number of nitrogens with zero attached hydrogens (tertiary/aromatic N) is 10. The Balaban J connectivity index is 0.000000186. The molecule has 6 heterocycles. The molecule has 109 heavy (non-hydrogen) atoms. The van der Waals surface area contributed by atoms with Crippen LogP contribution in [0.2, 0.25) is 35.2 Å². The van der Waals surface area contributed by atoms with E-state index in [0.717, 1.165) is 78.4 Å². The van der Waals surface area contributed by atoms with E-state index in [1.54, 1.807) is 80.7 Å². The van der Waals surface area contributed by atoms with Crippen molar-refractivity contribution in [1.82, 2.24) is 35.6 Å². The first kappa shape index (κ1) is 87.3. The number of aryl methyl sites for hydroxylation is 2. The predicted octanol–water partition coefficient (Wildman–Crippen LogP) is 18.1. The fourth-order valence-electron chi connectivity index (χ4n) is 10.2. The number of anilines is 6. The van der Waals surface area contributed by atoms with Gasteiger partial charge in [0.25, 0.3) is 17.7 Å². The number of benzene rings is 7. The first-order valence-electron chi connectivity index (χ1n) is 31.5. The molecule has 37 heteroatoms. The van der Waals surface area contributed by atoms with Gasteiger partial charge in [0.05, 0.1) is 135 Å². The molecule has 4 aromatic heterocycles. The van der Waals surface area contributed by atoms with Gasteiger partial charge in [0.15, 0.2) is 35.0 Å². The summed E-state index contributed by atoms with van der Waals surface area (Å²) >= 11 is 47.1. The molecule has 0 bridgehead atoms. The van der Waals surface area contributed by atoms with E-state index in [2.05, 4.69) is 72.6 Å². The molecule has 1 amide bonds. The lowest BCUT2D eigenvalue weighted by atomic mass is 10.0. The highest BCUT2D eigenvalue weighted by Gasteiger charge is 2.28. The van der Waals surface area contributed by atoms with Crippen LogP contribution in [0.1, 0.15) is 84.3 Å². The van der Waals surface area contributed by atoms with Crippen molar-refractivity contribution in [2.24, 2.45) is 5.73 Å². The standard InChI is InChI=1S/C23H25ClN6O2.C13H7ClN4O.C8H5ClN2O.C7H6ClIN2O.C7H5ClINO2.C7H7ClINO.C7H6ClNO2/c1-14-26-23(32-29-14)19-11-15-10-18(25-2)12-20(24)21(15)28-22(19)30-7-5-16(6-8-30)27-17-4-3-9-31-13-17;1-7-17-13(19-18-7)9-3-8-4-10(15-2)5-11(14)12(8)16-6-9;1-11-6-2-5(4-12)8(10)7(9)3-6;2*8-5-2-3(9)1-4(6(5)10)7(11)12;8-6-2-5(9)1-4(3-11)7(6)10;8-5-3-1-2-4(6(5)9)7(10)11/h10-12,16-17,27H,3-9,13H2,1H3;3-6H,1H3;2-4H,10H2;1-2H,10H2,(H2,11,12);1-2H,10H2,(H,11,12);1-2,11H,3,10H2;1-3H,9H2,(H,10,11)/t17-;;;;;;/m1....../s1. The molecule has 7 aromatic carbocycles. The Kier molecular flexibility index (Phi) is 33.0. The molecule has 564 valence electrons. The normalized spacial score (nSPS) is 12.8. The average Bonchev–Trinajstić information content (AvgIpc) is 1.73. The number of aromatic carboxylic acids is 2. The smallest absolute Gasteiger partial charge is 0.337 e. The Morgan fingerprint density at radius 3 is 1.61 bits per heavy atom. The zero-order valence-electron chi connectivity index (χ0n) is 56.9. The van der Waals surface area contributed by atoms with Crippen molar-refractivity contribution in [2.75, 3.05) is 59.9 Å². The van der Waals surface area contributed by atoms with Gasteiger partial charge in [-0.25, -0.2) is 29.1 Å². The number of carboxylic acids is 2. The number of primary amides is 1. The summed E-state index contributed by atoms with van der Waals surface area (Å²) in [6.07, 6.45) is 6.54. The molecule has 2 saturated heterocycles. The molecule has 2 aliphatic heterocycles. The maximum absolute atomic E-state index is 10.8. The lowest BCUT2D eigenvalue weighted by molar-refractivity contribution is 0.0650. The van der Waals surface area contributed by atoms with Gasteiger partial charge in [-0.15, -0.1) is 0 Å². The minimum Gasteiger partial charge on any atom is -0.478 e. The molecule has 1 atom stereocenters. The number of pyridine rings is 2. The number of amides is 1. The van der Waals surface area contributed by atoms with E-state index >= 15 is 0 Å². The van der Waals surface area contributed by atoms with E-state index in [4.69, 9.17) is 169 Å². The predicted molar refractivity (Wildman–Crippen MR) is 452 cm³/mol. The molecule has 13 rings (SSSR count). The zero-order valence-corrected chi connectivity index (χ0v) is 68.7. The summed E-state index contributed by atoms with van der Waals surface area (Å²) in [5, 5.41) is 41.6. The van der Waals surface area contributed by atoms with Crippen molar-refractivity contribution in [1.29, 1.82) is 0 Å². The number of aliphatic hydroxyl groups excluding tert-OH is 1. The van der Waals surface area contributed by atoms with Crippen LogP contribution in [0.25, 0.3) is 59.2 Å².